The van der Waals surface area contributed by atoms with Gasteiger partial charge in [-0.05, 0) is 49.2 Å². The largest absolute Gasteiger partial charge is 0.497 e. The van der Waals surface area contributed by atoms with E-state index >= 15 is 0 Å². The molecule has 4 rings (SSSR count). The normalized spacial score (nSPS) is 13.9. The molecule has 7 heteroatoms. The highest BCUT2D eigenvalue weighted by molar-refractivity contribution is 6.31. The first kappa shape index (κ1) is 17.9. The highest BCUT2D eigenvalue weighted by atomic mass is 35.5. The van der Waals surface area contributed by atoms with E-state index in [-0.39, 0.29) is 5.82 Å². The monoisotopic (exact) mass is 387 g/mol. The van der Waals surface area contributed by atoms with E-state index < -0.39 is 0 Å². The summed E-state index contributed by atoms with van der Waals surface area (Å²) >= 11 is 6.18. The van der Waals surface area contributed by atoms with Gasteiger partial charge in [0.15, 0.2) is 0 Å². The molecule has 1 heterocycles. The lowest BCUT2D eigenvalue weighted by molar-refractivity contribution is 0.207. The molecule has 0 bridgehead atoms. The second-order valence-corrected chi connectivity index (χ2v) is 6.98. The molecule has 0 radical (unpaired) electrons. The summed E-state index contributed by atoms with van der Waals surface area (Å²) in [6.45, 7) is 0.870. The molecular formula is C20H19ClFN3O2. The molecule has 1 fully saturated rings. The zero-order valence-electron chi connectivity index (χ0n) is 14.9. The Balaban J connectivity index is 1.50. The molecule has 0 N–H and O–H groups in total. The smallest absolute Gasteiger partial charge is 0.241 e. The second-order valence-electron chi connectivity index (χ2n) is 6.58. The van der Waals surface area contributed by atoms with E-state index in [1.807, 2.05) is 24.3 Å². The van der Waals surface area contributed by atoms with Crippen molar-refractivity contribution in [3.8, 4) is 17.1 Å². The summed E-state index contributed by atoms with van der Waals surface area (Å²) < 4.78 is 24.7. The lowest BCUT2D eigenvalue weighted by Crippen LogP contribution is -2.26. The van der Waals surface area contributed by atoms with Crippen LogP contribution in [0.2, 0.25) is 5.02 Å². The van der Waals surface area contributed by atoms with Crippen LogP contribution in [-0.4, -0.2) is 28.2 Å². The number of hydrogen-bond acceptors (Lipinski definition) is 5. The minimum absolute atomic E-state index is 0.294. The van der Waals surface area contributed by atoms with E-state index in [1.54, 1.807) is 19.2 Å². The summed E-state index contributed by atoms with van der Waals surface area (Å²) in [5.41, 5.74) is 1.35. The van der Waals surface area contributed by atoms with Gasteiger partial charge in [-0.25, -0.2) is 4.39 Å². The Labute approximate surface area is 161 Å². The molecule has 0 amide bonds. The van der Waals surface area contributed by atoms with Gasteiger partial charge in [-0.15, -0.1) is 0 Å². The van der Waals surface area contributed by atoms with Crippen molar-refractivity contribution < 1.29 is 13.7 Å². The average Bonchev–Trinajstić information content (AvgIpc) is 3.43. The van der Waals surface area contributed by atoms with E-state index in [1.165, 1.54) is 6.07 Å². The fourth-order valence-corrected chi connectivity index (χ4v) is 3.21. The Morgan fingerprint density at radius 3 is 2.63 bits per heavy atom. The van der Waals surface area contributed by atoms with Crippen molar-refractivity contribution in [1.29, 1.82) is 0 Å². The number of methoxy groups -OCH3 is 1. The van der Waals surface area contributed by atoms with Gasteiger partial charge in [-0.2, -0.15) is 4.98 Å². The van der Waals surface area contributed by atoms with E-state index in [2.05, 4.69) is 15.0 Å². The van der Waals surface area contributed by atoms with Crippen molar-refractivity contribution >= 4 is 11.6 Å². The molecule has 27 heavy (non-hydrogen) atoms. The van der Waals surface area contributed by atoms with Crippen LogP contribution in [0.3, 0.4) is 0 Å². The van der Waals surface area contributed by atoms with Crippen molar-refractivity contribution in [1.82, 2.24) is 15.0 Å². The number of hydrogen-bond donors (Lipinski definition) is 0. The maximum absolute atomic E-state index is 14.1. The quantitative estimate of drug-likeness (QED) is 0.588. The SMILES string of the molecule is COc1ccc(-c2noc(CN(Cc3c(F)cccc3Cl)C3CC3)n2)cc1. The van der Waals surface area contributed by atoms with E-state index in [4.69, 9.17) is 20.9 Å². The molecule has 1 saturated carbocycles. The van der Waals surface area contributed by atoms with Gasteiger partial charge in [0.05, 0.1) is 13.7 Å². The van der Waals surface area contributed by atoms with Crippen molar-refractivity contribution in [3.63, 3.8) is 0 Å². The fourth-order valence-electron chi connectivity index (χ4n) is 2.99. The lowest BCUT2D eigenvalue weighted by atomic mass is 10.2. The molecule has 140 valence electrons. The fraction of sp³-hybridized carbons (Fsp3) is 0.300. The van der Waals surface area contributed by atoms with Gasteiger partial charge in [-0.3, -0.25) is 4.90 Å². The van der Waals surface area contributed by atoms with E-state index in [0.717, 1.165) is 24.2 Å². The van der Waals surface area contributed by atoms with E-state index in [9.17, 15) is 4.39 Å². The second kappa shape index (κ2) is 7.66. The third-order valence-corrected chi connectivity index (χ3v) is 4.99. The van der Waals surface area contributed by atoms with Crippen LogP contribution in [0.1, 0.15) is 24.3 Å². The molecular weight excluding hydrogens is 369 g/mol. The van der Waals surface area contributed by atoms with Gasteiger partial charge in [0.25, 0.3) is 0 Å². The molecule has 0 spiro atoms. The Morgan fingerprint density at radius 2 is 1.96 bits per heavy atom. The van der Waals surface area contributed by atoms with Crippen LogP contribution in [0, 0.1) is 5.82 Å². The van der Waals surface area contributed by atoms with Crippen molar-refractivity contribution in [2.45, 2.75) is 32.0 Å². The average molecular weight is 388 g/mol. The molecule has 1 aromatic heterocycles. The lowest BCUT2D eigenvalue weighted by Gasteiger charge is -2.20. The number of rotatable bonds is 7. The molecule has 0 saturated heterocycles. The Bertz CT molecular complexity index is 905. The predicted molar refractivity (Wildman–Crippen MR) is 100.0 cm³/mol. The Hall–Kier alpha value is -2.44. The number of ether oxygens (including phenoxy) is 1. The summed E-state index contributed by atoms with van der Waals surface area (Å²) in [5.74, 6) is 1.49. The van der Waals surface area contributed by atoms with Gasteiger partial charge >= 0.3 is 0 Å². The molecule has 1 aliphatic carbocycles. The van der Waals surface area contributed by atoms with Crippen molar-refractivity contribution in [2.24, 2.45) is 0 Å². The maximum Gasteiger partial charge on any atom is 0.241 e. The third kappa shape index (κ3) is 4.12. The number of halogens is 2. The van der Waals surface area contributed by atoms with Gasteiger partial charge in [0.1, 0.15) is 11.6 Å². The van der Waals surface area contributed by atoms with Crippen LogP contribution < -0.4 is 4.74 Å². The summed E-state index contributed by atoms with van der Waals surface area (Å²) in [6, 6.07) is 12.6. The number of benzene rings is 2. The first-order valence-electron chi connectivity index (χ1n) is 8.78. The third-order valence-electron chi connectivity index (χ3n) is 4.64. The number of nitrogens with zero attached hydrogens (tertiary/aromatic N) is 3. The zero-order chi connectivity index (χ0) is 18.8. The predicted octanol–water partition coefficient (Wildman–Crippen LogP) is 4.70. The van der Waals surface area contributed by atoms with E-state index in [0.29, 0.717) is 41.4 Å². The first-order valence-corrected chi connectivity index (χ1v) is 9.16. The van der Waals surface area contributed by atoms with Crippen molar-refractivity contribution in [2.75, 3.05) is 7.11 Å². The molecule has 3 aromatic rings. The highest BCUT2D eigenvalue weighted by Crippen LogP contribution is 2.32. The van der Waals surface area contributed by atoms with Crippen LogP contribution in [0.5, 0.6) is 5.75 Å². The van der Waals surface area contributed by atoms with Crippen LogP contribution in [-0.2, 0) is 13.1 Å². The molecule has 0 unspecified atom stereocenters. The Morgan fingerprint density at radius 1 is 1.19 bits per heavy atom. The van der Waals surface area contributed by atoms with Crippen LogP contribution in [0.25, 0.3) is 11.4 Å². The molecule has 0 atom stereocenters. The van der Waals surface area contributed by atoms with Gasteiger partial charge < -0.3 is 9.26 Å². The molecule has 1 aliphatic rings. The number of aromatic nitrogens is 2. The topological polar surface area (TPSA) is 51.4 Å². The minimum Gasteiger partial charge on any atom is -0.497 e. The van der Waals surface area contributed by atoms with Crippen LogP contribution >= 0.6 is 11.6 Å². The standard InChI is InChI=1S/C20H19ClFN3O2/c1-26-15-9-5-13(6-10-15)20-23-19(27-24-20)12-25(14-7-8-14)11-16-17(21)3-2-4-18(16)22/h2-6,9-10,14H,7-8,11-12H2,1H3. The molecule has 5 nitrogen and oxygen atoms in total. The van der Waals surface area contributed by atoms with Gasteiger partial charge in [0.2, 0.25) is 11.7 Å². The van der Waals surface area contributed by atoms with Gasteiger partial charge in [0, 0.05) is 28.7 Å². The first-order chi connectivity index (χ1) is 13.1. The maximum atomic E-state index is 14.1. The highest BCUT2D eigenvalue weighted by Gasteiger charge is 2.31. The molecule has 0 aliphatic heterocycles. The summed E-state index contributed by atoms with van der Waals surface area (Å²) in [4.78, 5) is 6.62. The minimum atomic E-state index is -0.294. The summed E-state index contributed by atoms with van der Waals surface area (Å²) in [6.07, 6.45) is 2.15. The molecule has 2 aromatic carbocycles. The van der Waals surface area contributed by atoms with Gasteiger partial charge in [-0.1, -0.05) is 22.8 Å². The Kier molecular flexibility index (Phi) is 5.09. The summed E-state index contributed by atoms with van der Waals surface area (Å²) in [5, 5.41) is 4.50. The zero-order valence-corrected chi connectivity index (χ0v) is 15.6. The van der Waals surface area contributed by atoms with Crippen LogP contribution in [0.15, 0.2) is 47.0 Å². The van der Waals surface area contributed by atoms with Crippen LogP contribution in [0.4, 0.5) is 4.39 Å². The van der Waals surface area contributed by atoms with Crippen molar-refractivity contribution in [3.05, 3.63) is 64.8 Å². The summed E-state index contributed by atoms with van der Waals surface area (Å²) in [7, 11) is 1.62.